The Bertz CT molecular complexity index is 174. The molecule has 0 saturated carbocycles. The molecule has 0 N–H and O–H groups in total. The van der Waals surface area contributed by atoms with Gasteiger partial charge in [-0.15, -0.1) is 0 Å². The third-order valence-electron chi connectivity index (χ3n) is 1.47. The minimum Gasteiger partial charge on any atom is -0.463 e. The fraction of sp³-hybridized carbons (Fsp3) is 0.625. The van der Waals surface area contributed by atoms with Crippen molar-refractivity contribution in [2.24, 2.45) is 0 Å². The molecule has 1 saturated heterocycles. The van der Waals surface area contributed by atoms with Gasteiger partial charge in [-0.05, 0) is 19.9 Å². The number of esters is 1. The average molecular weight is 156 g/mol. The molecule has 3 nitrogen and oxygen atoms in total. The van der Waals surface area contributed by atoms with Gasteiger partial charge >= 0.3 is 5.97 Å². The normalized spacial score (nSPS) is 28.9. The molecule has 0 bridgehead atoms. The van der Waals surface area contributed by atoms with Crippen LogP contribution in [0, 0.1) is 0 Å². The van der Waals surface area contributed by atoms with E-state index in [9.17, 15) is 4.79 Å². The summed E-state index contributed by atoms with van der Waals surface area (Å²) in [4.78, 5) is 10.7. The van der Waals surface area contributed by atoms with Crippen LogP contribution >= 0.6 is 0 Å². The van der Waals surface area contributed by atoms with Gasteiger partial charge in [0.25, 0.3) is 0 Å². The molecule has 0 aromatic heterocycles. The molecule has 0 amide bonds. The largest absolute Gasteiger partial charge is 0.463 e. The van der Waals surface area contributed by atoms with Crippen molar-refractivity contribution in [2.45, 2.75) is 26.1 Å². The van der Waals surface area contributed by atoms with Crippen LogP contribution in [0.5, 0.6) is 0 Å². The molecule has 2 atom stereocenters. The van der Waals surface area contributed by atoms with Crippen molar-refractivity contribution in [1.82, 2.24) is 0 Å². The van der Waals surface area contributed by atoms with E-state index in [0.717, 1.165) is 0 Å². The quantitative estimate of drug-likeness (QED) is 0.346. The zero-order valence-corrected chi connectivity index (χ0v) is 6.74. The molecule has 1 unspecified atom stereocenters. The van der Waals surface area contributed by atoms with Gasteiger partial charge in [0.05, 0.1) is 12.7 Å². The first-order valence-corrected chi connectivity index (χ1v) is 3.74. The van der Waals surface area contributed by atoms with E-state index in [-0.39, 0.29) is 18.2 Å². The minimum absolute atomic E-state index is 0.124. The molecule has 1 aliphatic heterocycles. The molecular weight excluding hydrogens is 144 g/mol. The van der Waals surface area contributed by atoms with Crippen LogP contribution in [0.3, 0.4) is 0 Å². The Morgan fingerprint density at radius 1 is 1.73 bits per heavy atom. The third kappa shape index (κ3) is 2.72. The van der Waals surface area contributed by atoms with Crippen LogP contribution < -0.4 is 0 Å². The van der Waals surface area contributed by atoms with Gasteiger partial charge in [-0.25, -0.2) is 4.79 Å². The predicted molar refractivity (Wildman–Crippen MR) is 40.1 cm³/mol. The zero-order valence-electron chi connectivity index (χ0n) is 6.74. The molecule has 3 heteroatoms. The van der Waals surface area contributed by atoms with Crippen molar-refractivity contribution in [3.63, 3.8) is 0 Å². The fourth-order valence-corrected chi connectivity index (χ4v) is 0.768. The predicted octanol–water partition coefficient (Wildman–Crippen LogP) is 0.893. The maximum atomic E-state index is 10.7. The van der Waals surface area contributed by atoms with Gasteiger partial charge in [0.1, 0.15) is 6.10 Å². The third-order valence-corrected chi connectivity index (χ3v) is 1.47. The zero-order chi connectivity index (χ0) is 8.27. The van der Waals surface area contributed by atoms with Crippen molar-refractivity contribution < 1.29 is 14.3 Å². The Hall–Kier alpha value is -0.830. The number of rotatable bonds is 3. The van der Waals surface area contributed by atoms with Crippen LogP contribution in [0.25, 0.3) is 0 Å². The van der Waals surface area contributed by atoms with Gasteiger partial charge in [-0.2, -0.15) is 0 Å². The lowest BCUT2D eigenvalue weighted by atomic mass is 10.3. The van der Waals surface area contributed by atoms with Crippen LogP contribution in [0.2, 0.25) is 0 Å². The highest BCUT2D eigenvalue weighted by atomic mass is 16.6. The molecule has 62 valence electrons. The molecule has 0 aliphatic carbocycles. The second-order valence-electron chi connectivity index (χ2n) is 2.42. The van der Waals surface area contributed by atoms with Crippen LogP contribution in [0.1, 0.15) is 13.8 Å². The molecule has 1 rings (SSSR count). The summed E-state index contributed by atoms with van der Waals surface area (Å²) < 4.78 is 9.72. The number of carbonyl (C=O) groups excluding carboxylic acids is 1. The summed E-state index contributed by atoms with van der Waals surface area (Å²) in [5, 5.41) is 0. The second-order valence-corrected chi connectivity index (χ2v) is 2.42. The molecule has 1 aliphatic rings. The Morgan fingerprint density at radius 3 is 2.82 bits per heavy atom. The van der Waals surface area contributed by atoms with Crippen molar-refractivity contribution in [1.29, 1.82) is 0 Å². The summed E-state index contributed by atoms with van der Waals surface area (Å²) in [5.74, 6) is -0.296. The van der Waals surface area contributed by atoms with E-state index >= 15 is 0 Å². The highest BCUT2D eigenvalue weighted by Gasteiger charge is 2.31. The minimum atomic E-state index is -0.296. The van der Waals surface area contributed by atoms with Gasteiger partial charge in [0.15, 0.2) is 0 Å². The van der Waals surface area contributed by atoms with Crippen molar-refractivity contribution in [3.8, 4) is 0 Å². The highest BCUT2D eigenvalue weighted by molar-refractivity contribution is 5.82. The smallest absolute Gasteiger partial charge is 0.330 e. The lowest BCUT2D eigenvalue weighted by Gasteiger charge is -1.92. The molecule has 0 aromatic carbocycles. The highest BCUT2D eigenvalue weighted by Crippen LogP contribution is 2.21. The standard InChI is InChI=1S/C8H12O3/c1-3-10-8(9)5-4-7-6(2)11-7/h4-7H,3H2,1-2H3/b5-4+/t6?,7-/m0/s1. The van der Waals surface area contributed by atoms with E-state index in [1.807, 2.05) is 6.92 Å². The Balaban J connectivity index is 2.18. The summed E-state index contributed by atoms with van der Waals surface area (Å²) in [6, 6.07) is 0. The van der Waals surface area contributed by atoms with Gasteiger partial charge in [-0.3, -0.25) is 0 Å². The summed E-state index contributed by atoms with van der Waals surface area (Å²) in [6.07, 6.45) is 3.53. The first kappa shape index (κ1) is 8.27. The number of carbonyl (C=O) groups is 1. The lowest BCUT2D eigenvalue weighted by molar-refractivity contribution is -0.137. The van der Waals surface area contributed by atoms with Crippen molar-refractivity contribution in [3.05, 3.63) is 12.2 Å². The summed E-state index contributed by atoms with van der Waals surface area (Å²) in [5.41, 5.74) is 0. The molecule has 11 heavy (non-hydrogen) atoms. The van der Waals surface area contributed by atoms with E-state index in [1.54, 1.807) is 13.0 Å². The van der Waals surface area contributed by atoms with Gasteiger partial charge < -0.3 is 9.47 Å². The number of ether oxygens (including phenoxy) is 2. The molecular formula is C8H12O3. The molecule has 0 aromatic rings. The van der Waals surface area contributed by atoms with E-state index < -0.39 is 0 Å². The van der Waals surface area contributed by atoms with Gasteiger partial charge in [-0.1, -0.05) is 0 Å². The topological polar surface area (TPSA) is 38.8 Å². The molecule has 0 radical (unpaired) electrons. The first-order chi connectivity index (χ1) is 5.24. The summed E-state index contributed by atoms with van der Waals surface area (Å²) in [6.45, 7) is 4.16. The maximum Gasteiger partial charge on any atom is 0.330 e. The van der Waals surface area contributed by atoms with Gasteiger partial charge in [0.2, 0.25) is 0 Å². The summed E-state index contributed by atoms with van der Waals surface area (Å²) >= 11 is 0. The SMILES string of the molecule is CCOC(=O)/C=C/[C@@H]1OC1C. The maximum absolute atomic E-state index is 10.7. The Kier molecular flexibility index (Phi) is 2.65. The summed E-state index contributed by atoms with van der Waals surface area (Å²) in [7, 11) is 0. The number of hydrogen-bond donors (Lipinski definition) is 0. The average Bonchev–Trinajstić information content (AvgIpc) is 2.63. The van der Waals surface area contributed by atoms with Crippen molar-refractivity contribution >= 4 is 5.97 Å². The van der Waals surface area contributed by atoms with Gasteiger partial charge in [0, 0.05) is 6.08 Å². The van der Waals surface area contributed by atoms with E-state index in [4.69, 9.17) is 4.74 Å². The van der Waals surface area contributed by atoms with Crippen LogP contribution in [0.15, 0.2) is 12.2 Å². The number of hydrogen-bond acceptors (Lipinski definition) is 3. The van der Waals surface area contributed by atoms with E-state index in [0.29, 0.717) is 6.61 Å². The van der Waals surface area contributed by atoms with Crippen LogP contribution in [-0.2, 0) is 14.3 Å². The monoisotopic (exact) mass is 156 g/mol. The fourth-order valence-electron chi connectivity index (χ4n) is 0.768. The molecule has 1 fully saturated rings. The van der Waals surface area contributed by atoms with Crippen LogP contribution in [0.4, 0.5) is 0 Å². The van der Waals surface area contributed by atoms with E-state index in [1.165, 1.54) is 6.08 Å². The van der Waals surface area contributed by atoms with Crippen LogP contribution in [-0.4, -0.2) is 24.8 Å². The lowest BCUT2D eigenvalue weighted by Crippen LogP contribution is -1.99. The second kappa shape index (κ2) is 3.53. The van der Waals surface area contributed by atoms with Crippen molar-refractivity contribution in [2.75, 3.05) is 6.61 Å². The molecule has 1 heterocycles. The number of epoxide rings is 1. The first-order valence-electron chi connectivity index (χ1n) is 3.74. The molecule has 0 spiro atoms. The van der Waals surface area contributed by atoms with E-state index in [2.05, 4.69) is 4.74 Å². The Morgan fingerprint density at radius 2 is 2.36 bits per heavy atom. The Labute approximate surface area is 66.0 Å².